The van der Waals surface area contributed by atoms with E-state index < -0.39 is 23.4 Å². The fourth-order valence-corrected chi connectivity index (χ4v) is 9.61. The lowest BCUT2D eigenvalue weighted by atomic mass is 9.44. The van der Waals surface area contributed by atoms with Gasteiger partial charge in [-0.25, -0.2) is 0 Å². The van der Waals surface area contributed by atoms with Gasteiger partial charge in [-0.3, -0.25) is 9.59 Å². The first-order valence-corrected chi connectivity index (χ1v) is 14.0. The van der Waals surface area contributed by atoms with Gasteiger partial charge in [-0.15, -0.1) is 0 Å². The first-order valence-electron chi connectivity index (χ1n) is 14.0. The van der Waals surface area contributed by atoms with Gasteiger partial charge >= 0.3 is 0 Å². The summed E-state index contributed by atoms with van der Waals surface area (Å²) in [5, 5.41) is 34.2. The van der Waals surface area contributed by atoms with Gasteiger partial charge in [0.2, 0.25) is 0 Å². The van der Waals surface area contributed by atoms with E-state index in [1.54, 1.807) is 0 Å². The van der Waals surface area contributed by atoms with Crippen LogP contribution in [0, 0.1) is 34.5 Å². The molecule has 0 spiro atoms. The Morgan fingerprint density at radius 2 is 1.71 bits per heavy atom. The summed E-state index contributed by atoms with van der Waals surface area (Å²) in [6.45, 7) is 3.46. The van der Waals surface area contributed by atoms with Gasteiger partial charge in [0.05, 0.1) is 6.10 Å². The van der Waals surface area contributed by atoms with Crippen molar-refractivity contribution in [2.45, 2.75) is 121 Å². The predicted octanol–water partition coefficient (Wildman–Crippen LogP) is 3.15. The smallest absolute Gasteiger partial charge is 0.190 e. The number of aliphatic hydroxyl groups is 3. The molecule has 0 amide bonds. The van der Waals surface area contributed by atoms with Crippen LogP contribution in [-0.2, 0) is 9.59 Å². The van der Waals surface area contributed by atoms with Gasteiger partial charge in [-0.1, -0.05) is 20.3 Å². The summed E-state index contributed by atoms with van der Waals surface area (Å²) in [7, 11) is 0. The molecule has 4 N–H and O–H groups in total. The Labute approximate surface area is 204 Å². The van der Waals surface area contributed by atoms with Crippen molar-refractivity contribution >= 4 is 11.6 Å². The van der Waals surface area contributed by atoms with Gasteiger partial charge in [0.1, 0.15) is 18.0 Å². The fourth-order valence-electron chi connectivity index (χ4n) is 9.61. The lowest BCUT2D eigenvalue weighted by molar-refractivity contribution is -0.180. The van der Waals surface area contributed by atoms with E-state index in [9.17, 15) is 24.9 Å². The highest BCUT2D eigenvalue weighted by molar-refractivity contribution is 5.92. The van der Waals surface area contributed by atoms with E-state index in [4.69, 9.17) is 0 Å². The van der Waals surface area contributed by atoms with Crippen LogP contribution in [0.15, 0.2) is 0 Å². The third-order valence-corrected chi connectivity index (χ3v) is 11.5. The van der Waals surface area contributed by atoms with E-state index in [1.165, 1.54) is 32.1 Å². The van der Waals surface area contributed by atoms with Crippen LogP contribution in [0.1, 0.15) is 97.3 Å². The molecule has 2 saturated heterocycles. The van der Waals surface area contributed by atoms with Gasteiger partial charge in [0.25, 0.3) is 0 Å². The molecule has 2 aliphatic heterocycles. The molecule has 192 valence electrons. The van der Waals surface area contributed by atoms with Crippen LogP contribution in [0.3, 0.4) is 0 Å². The number of carbonyl (C=O) groups is 2. The molecular weight excluding hydrogens is 430 g/mol. The molecule has 6 nitrogen and oxygen atoms in total. The summed E-state index contributed by atoms with van der Waals surface area (Å²) in [6.07, 6.45) is 12.7. The van der Waals surface area contributed by atoms with Crippen LogP contribution in [0.4, 0.5) is 0 Å². The second kappa shape index (κ2) is 8.93. The molecule has 2 unspecified atom stereocenters. The summed E-state index contributed by atoms with van der Waals surface area (Å²) in [5.41, 5.74) is -2.40. The van der Waals surface area contributed by atoms with Crippen LogP contribution in [-0.4, -0.2) is 57.3 Å². The van der Waals surface area contributed by atoms with Crippen molar-refractivity contribution in [1.82, 2.24) is 5.32 Å². The maximum atomic E-state index is 13.4. The molecule has 6 rings (SSSR count). The van der Waals surface area contributed by atoms with Crippen molar-refractivity contribution in [2.24, 2.45) is 34.5 Å². The van der Waals surface area contributed by atoms with E-state index >= 15 is 0 Å². The van der Waals surface area contributed by atoms with Crippen molar-refractivity contribution in [2.75, 3.05) is 6.61 Å². The SMILES string of the molecule is C1CC2CCC(C1)N2.C[C@]12CC[C@@H](O)C[C@H]1CC[C@@H]1[C@@H]2C(=O)C[C@@]2(C)[C@H]1CC[C@]2(O)C(=O)CO. The molecule has 6 aliphatic rings. The summed E-state index contributed by atoms with van der Waals surface area (Å²) < 4.78 is 0. The Morgan fingerprint density at radius 3 is 2.35 bits per heavy atom. The first kappa shape index (κ1) is 24.9. The monoisotopic (exact) mass is 475 g/mol. The molecule has 4 aliphatic carbocycles. The Morgan fingerprint density at radius 1 is 1.00 bits per heavy atom. The third kappa shape index (κ3) is 3.74. The molecule has 6 heteroatoms. The summed E-state index contributed by atoms with van der Waals surface area (Å²) >= 11 is 0. The Balaban J connectivity index is 0.000000252. The average Bonchev–Trinajstić information content (AvgIpc) is 3.28. The number of hydrogen-bond acceptors (Lipinski definition) is 6. The number of nitrogens with one attached hydrogen (secondary N) is 1. The minimum atomic E-state index is -1.58. The number of carbonyl (C=O) groups excluding carboxylic acids is 2. The Hall–Kier alpha value is -0.820. The zero-order chi connectivity index (χ0) is 24.3. The largest absolute Gasteiger partial charge is 0.393 e. The summed E-state index contributed by atoms with van der Waals surface area (Å²) in [6, 6.07) is 1.82. The van der Waals surface area contributed by atoms with Crippen LogP contribution in [0.5, 0.6) is 0 Å². The number of ketones is 2. The van der Waals surface area contributed by atoms with Gasteiger partial charge in [-0.2, -0.15) is 0 Å². The zero-order valence-electron chi connectivity index (χ0n) is 21.1. The molecule has 0 radical (unpaired) electrons. The highest BCUT2D eigenvalue weighted by Crippen LogP contribution is 2.67. The third-order valence-electron chi connectivity index (χ3n) is 11.5. The van der Waals surface area contributed by atoms with Gasteiger partial charge in [0, 0.05) is 29.8 Å². The highest BCUT2D eigenvalue weighted by atomic mass is 16.3. The van der Waals surface area contributed by atoms with Crippen molar-refractivity contribution < 1.29 is 24.9 Å². The number of piperidine rings is 1. The second-order valence-electron chi connectivity index (χ2n) is 13.1. The number of rotatable bonds is 2. The first-order chi connectivity index (χ1) is 16.1. The molecule has 2 heterocycles. The lowest BCUT2D eigenvalue weighted by Crippen LogP contribution is -2.62. The molecular formula is C28H45NO5. The molecule has 2 bridgehead atoms. The van der Waals surface area contributed by atoms with Crippen molar-refractivity contribution in [3.05, 3.63) is 0 Å². The fraction of sp³-hybridized carbons (Fsp3) is 0.929. The van der Waals surface area contributed by atoms with Gasteiger partial charge in [0.15, 0.2) is 5.78 Å². The minimum absolute atomic E-state index is 0.0154. The molecule has 0 aromatic carbocycles. The second-order valence-corrected chi connectivity index (χ2v) is 13.1. The molecule has 4 saturated carbocycles. The van der Waals surface area contributed by atoms with Crippen LogP contribution in [0.25, 0.3) is 0 Å². The Kier molecular flexibility index (Phi) is 6.53. The van der Waals surface area contributed by atoms with Gasteiger partial charge < -0.3 is 20.6 Å². The van der Waals surface area contributed by atoms with Crippen LogP contribution < -0.4 is 5.32 Å². The Bertz CT molecular complexity index is 803. The maximum absolute atomic E-state index is 13.4. The standard InChI is InChI=1S/C21H32O5.C7H13N/c1-19-7-5-13(23)9-12(19)3-4-14-15-6-8-21(26,17(25)11-22)20(15,2)10-16(24)18(14)19;1-2-6-4-5-7(3-1)8-6/h12-15,18,22-23,26H,3-11H2,1-2H3;6-8H,1-5H2/t12-,13-,14+,15+,18-,19+,20+,21+;/m1./s1. The number of aliphatic hydroxyl groups excluding tert-OH is 2. The van der Waals surface area contributed by atoms with E-state index in [-0.39, 0.29) is 41.5 Å². The quantitative estimate of drug-likeness (QED) is 0.489. The normalized spacial score (nSPS) is 51.6. The number of hydrogen-bond donors (Lipinski definition) is 4. The van der Waals surface area contributed by atoms with Crippen LogP contribution >= 0.6 is 0 Å². The molecule has 0 aromatic heterocycles. The summed E-state index contributed by atoms with van der Waals surface area (Å²) in [4.78, 5) is 25.7. The molecule has 6 fully saturated rings. The van der Waals surface area contributed by atoms with Gasteiger partial charge in [-0.05, 0) is 93.8 Å². The van der Waals surface area contributed by atoms with Crippen molar-refractivity contribution in [3.63, 3.8) is 0 Å². The summed E-state index contributed by atoms with van der Waals surface area (Å²) in [5.74, 6) is 0.380. The van der Waals surface area contributed by atoms with Crippen molar-refractivity contribution in [1.29, 1.82) is 0 Å². The van der Waals surface area contributed by atoms with E-state index in [2.05, 4.69) is 12.2 Å². The van der Waals surface area contributed by atoms with E-state index in [1.807, 2.05) is 6.92 Å². The topological polar surface area (TPSA) is 107 Å². The van der Waals surface area contributed by atoms with Crippen LogP contribution in [0.2, 0.25) is 0 Å². The van der Waals surface area contributed by atoms with Crippen molar-refractivity contribution in [3.8, 4) is 0 Å². The minimum Gasteiger partial charge on any atom is -0.393 e. The zero-order valence-corrected chi connectivity index (χ0v) is 21.1. The number of Topliss-reactive ketones (excluding diaryl/α,β-unsaturated/α-hetero) is 2. The van der Waals surface area contributed by atoms with E-state index in [0.717, 1.165) is 50.6 Å². The molecule has 34 heavy (non-hydrogen) atoms. The highest BCUT2D eigenvalue weighted by Gasteiger charge is 2.68. The predicted molar refractivity (Wildman–Crippen MR) is 129 cm³/mol. The lowest BCUT2D eigenvalue weighted by Gasteiger charge is -2.60. The molecule has 10 atom stereocenters. The molecule has 0 aromatic rings. The number of fused-ring (bicyclic) bond motifs is 7. The van der Waals surface area contributed by atoms with E-state index in [0.29, 0.717) is 12.3 Å². The maximum Gasteiger partial charge on any atom is 0.190 e. The average molecular weight is 476 g/mol.